The van der Waals surface area contributed by atoms with E-state index in [1.807, 2.05) is 0 Å². The third-order valence-electron chi connectivity index (χ3n) is 3.59. The molecule has 21 heavy (non-hydrogen) atoms. The lowest BCUT2D eigenvalue weighted by Gasteiger charge is -2.17. The molecule has 0 unspecified atom stereocenters. The van der Waals surface area contributed by atoms with Gasteiger partial charge in [-0.2, -0.15) is 5.10 Å². The van der Waals surface area contributed by atoms with Crippen LogP contribution in [0.1, 0.15) is 18.4 Å². The van der Waals surface area contributed by atoms with Crippen molar-refractivity contribution in [1.29, 1.82) is 0 Å². The van der Waals surface area contributed by atoms with Gasteiger partial charge >= 0.3 is 5.97 Å². The zero-order chi connectivity index (χ0) is 15.0. The lowest BCUT2D eigenvalue weighted by atomic mass is 9.90. The number of hydrogen-bond acceptors (Lipinski definition) is 3. The number of carboxylic acid groups (broad SMARTS) is 1. The third kappa shape index (κ3) is 2.54. The molecule has 0 bridgehead atoms. The first-order valence-corrected chi connectivity index (χ1v) is 7.04. The Labute approximate surface area is 130 Å². The Morgan fingerprint density at radius 2 is 2.14 bits per heavy atom. The number of aromatic nitrogens is 3. The Kier molecular flexibility index (Phi) is 3.47. The van der Waals surface area contributed by atoms with Crippen molar-refractivity contribution in [3.05, 3.63) is 46.5 Å². The molecular formula is C14H11Cl2N3O2. The average molecular weight is 324 g/mol. The Balaban J connectivity index is 2.15. The van der Waals surface area contributed by atoms with E-state index in [9.17, 15) is 9.90 Å². The van der Waals surface area contributed by atoms with Crippen LogP contribution >= 0.6 is 23.2 Å². The first-order valence-electron chi connectivity index (χ1n) is 6.28. The fraction of sp³-hybridized carbons (Fsp3) is 0.214. The van der Waals surface area contributed by atoms with Crippen LogP contribution in [0, 0.1) is 5.41 Å². The summed E-state index contributed by atoms with van der Waals surface area (Å²) in [6.45, 7) is 0. The monoisotopic (exact) mass is 323 g/mol. The minimum Gasteiger partial charge on any atom is -0.481 e. The highest BCUT2D eigenvalue weighted by molar-refractivity contribution is 6.36. The second-order valence-corrected chi connectivity index (χ2v) is 5.77. The van der Waals surface area contributed by atoms with Crippen molar-refractivity contribution in [3.8, 4) is 0 Å². The van der Waals surface area contributed by atoms with Crippen LogP contribution in [0.2, 0.25) is 10.0 Å². The van der Waals surface area contributed by atoms with Gasteiger partial charge in [0.2, 0.25) is 0 Å². The number of benzene rings is 1. The van der Waals surface area contributed by atoms with Crippen molar-refractivity contribution in [2.24, 2.45) is 5.41 Å². The maximum Gasteiger partial charge on any atom is 0.314 e. The van der Waals surface area contributed by atoms with Gasteiger partial charge in [0.1, 0.15) is 12.7 Å². The summed E-state index contributed by atoms with van der Waals surface area (Å²) >= 11 is 12.1. The second-order valence-electron chi connectivity index (χ2n) is 4.93. The molecule has 108 valence electrons. The molecular weight excluding hydrogens is 313 g/mol. The van der Waals surface area contributed by atoms with Crippen LogP contribution in [0.5, 0.6) is 0 Å². The minimum absolute atomic E-state index is 0.418. The molecule has 5 nitrogen and oxygen atoms in total. The van der Waals surface area contributed by atoms with E-state index in [0.717, 1.165) is 0 Å². The molecule has 7 heteroatoms. The SMILES string of the molecule is O=C(O)C1(C(=Cn2cncn2)c2ccc(Cl)cc2Cl)CC1. The highest BCUT2D eigenvalue weighted by Gasteiger charge is 2.54. The summed E-state index contributed by atoms with van der Waals surface area (Å²) in [5.41, 5.74) is 0.349. The molecule has 1 heterocycles. The molecule has 1 aromatic heterocycles. The number of carbonyl (C=O) groups is 1. The van der Waals surface area contributed by atoms with E-state index >= 15 is 0 Å². The summed E-state index contributed by atoms with van der Waals surface area (Å²) < 4.78 is 1.48. The van der Waals surface area contributed by atoms with Crippen molar-refractivity contribution in [2.45, 2.75) is 12.8 Å². The molecule has 2 aromatic rings. The highest BCUT2D eigenvalue weighted by Crippen LogP contribution is 2.57. The highest BCUT2D eigenvalue weighted by atomic mass is 35.5. The molecule has 1 aliphatic rings. The number of aliphatic carboxylic acids is 1. The summed E-state index contributed by atoms with van der Waals surface area (Å²) in [6.07, 6.45) is 5.69. The van der Waals surface area contributed by atoms with Gasteiger partial charge < -0.3 is 5.11 Å². The van der Waals surface area contributed by atoms with Crippen LogP contribution in [0.4, 0.5) is 0 Å². The van der Waals surface area contributed by atoms with Crippen molar-refractivity contribution in [2.75, 3.05) is 0 Å². The van der Waals surface area contributed by atoms with Crippen LogP contribution in [0.15, 0.2) is 30.9 Å². The molecule has 0 spiro atoms. The number of halogens is 2. The minimum atomic E-state index is -0.913. The molecule has 1 saturated carbocycles. The van der Waals surface area contributed by atoms with E-state index in [2.05, 4.69) is 10.1 Å². The van der Waals surface area contributed by atoms with Gasteiger partial charge in [0.25, 0.3) is 0 Å². The fourth-order valence-corrected chi connectivity index (χ4v) is 2.81. The predicted molar refractivity (Wildman–Crippen MR) is 80.0 cm³/mol. The molecule has 0 atom stereocenters. The average Bonchev–Trinajstić information content (AvgIpc) is 3.08. The van der Waals surface area contributed by atoms with Gasteiger partial charge in [0.05, 0.1) is 5.41 Å². The third-order valence-corrected chi connectivity index (χ3v) is 4.14. The first-order chi connectivity index (χ1) is 10.0. The van der Waals surface area contributed by atoms with E-state index in [1.54, 1.807) is 24.4 Å². The standard InChI is InChI=1S/C14H11Cl2N3O2/c15-9-1-2-10(12(16)5-9)11(6-19-8-17-7-18-19)14(3-4-14)13(20)21/h1-2,5-8H,3-4H2,(H,20,21). The number of rotatable bonds is 4. The quantitative estimate of drug-likeness (QED) is 0.935. The van der Waals surface area contributed by atoms with Gasteiger partial charge in [0.15, 0.2) is 0 Å². The first kappa shape index (κ1) is 14.1. The second kappa shape index (κ2) is 5.16. The molecule has 1 N–H and O–H groups in total. The summed E-state index contributed by atoms with van der Waals surface area (Å²) in [5, 5.41) is 14.5. The van der Waals surface area contributed by atoms with Crippen molar-refractivity contribution >= 4 is 40.9 Å². The Morgan fingerprint density at radius 1 is 1.38 bits per heavy atom. The molecule has 3 rings (SSSR count). The van der Waals surface area contributed by atoms with Gasteiger partial charge in [-0.05, 0) is 36.1 Å². The molecule has 0 radical (unpaired) electrons. The Hall–Kier alpha value is -1.85. The van der Waals surface area contributed by atoms with Gasteiger partial charge in [-0.1, -0.05) is 29.3 Å². The summed E-state index contributed by atoms with van der Waals surface area (Å²) in [4.78, 5) is 15.5. The van der Waals surface area contributed by atoms with Gasteiger partial charge in [-0.25, -0.2) is 9.67 Å². The summed E-state index contributed by atoms with van der Waals surface area (Å²) in [6, 6.07) is 5.03. The zero-order valence-electron chi connectivity index (χ0n) is 10.8. The smallest absolute Gasteiger partial charge is 0.314 e. The van der Waals surface area contributed by atoms with Crippen LogP contribution in [-0.2, 0) is 4.79 Å². The van der Waals surface area contributed by atoms with E-state index in [1.165, 1.54) is 17.3 Å². The van der Waals surface area contributed by atoms with Crippen molar-refractivity contribution in [3.63, 3.8) is 0 Å². The molecule has 1 aliphatic carbocycles. The van der Waals surface area contributed by atoms with E-state index in [0.29, 0.717) is 34.0 Å². The molecule has 0 amide bonds. The maximum absolute atomic E-state index is 11.6. The van der Waals surface area contributed by atoms with Crippen molar-refractivity contribution in [1.82, 2.24) is 14.8 Å². The van der Waals surface area contributed by atoms with Crippen LogP contribution in [0.3, 0.4) is 0 Å². The normalized spacial score (nSPS) is 16.8. The van der Waals surface area contributed by atoms with Crippen LogP contribution in [-0.4, -0.2) is 25.8 Å². The molecule has 0 saturated heterocycles. The lowest BCUT2D eigenvalue weighted by molar-refractivity contribution is -0.140. The lowest BCUT2D eigenvalue weighted by Crippen LogP contribution is -2.17. The van der Waals surface area contributed by atoms with Gasteiger partial charge in [-0.15, -0.1) is 0 Å². The van der Waals surface area contributed by atoms with E-state index in [-0.39, 0.29) is 0 Å². The summed E-state index contributed by atoms with van der Waals surface area (Å²) in [5.74, 6) is -0.861. The predicted octanol–water partition coefficient (Wildman–Crippen LogP) is 3.45. The van der Waals surface area contributed by atoms with E-state index < -0.39 is 11.4 Å². The van der Waals surface area contributed by atoms with E-state index in [4.69, 9.17) is 23.2 Å². The van der Waals surface area contributed by atoms with Crippen LogP contribution < -0.4 is 0 Å². The van der Waals surface area contributed by atoms with Crippen LogP contribution in [0.25, 0.3) is 11.8 Å². The molecule has 1 fully saturated rings. The fourth-order valence-electron chi connectivity index (χ4n) is 2.30. The number of hydrogen-bond donors (Lipinski definition) is 1. The Morgan fingerprint density at radius 3 is 2.67 bits per heavy atom. The van der Waals surface area contributed by atoms with Crippen molar-refractivity contribution < 1.29 is 9.90 Å². The molecule has 1 aromatic carbocycles. The number of carboxylic acids is 1. The largest absolute Gasteiger partial charge is 0.481 e. The number of nitrogens with zero attached hydrogens (tertiary/aromatic N) is 3. The zero-order valence-corrected chi connectivity index (χ0v) is 12.3. The maximum atomic E-state index is 11.6. The van der Waals surface area contributed by atoms with Gasteiger partial charge in [-0.3, -0.25) is 4.79 Å². The van der Waals surface area contributed by atoms with Gasteiger partial charge in [0, 0.05) is 16.2 Å². The topological polar surface area (TPSA) is 68.0 Å². The molecule has 0 aliphatic heterocycles. The Bertz CT molecular complexity index is 722. The summed E-state index contributed by atoms with van der Waals surface area (Å²) in [7, 11) is 0.